The highest BCUT2D eigenvalue weighted by Crippen LogP contribution is 1.93. The zero-order chi connectivity index (χ0) is 9.40. The second kappa shape index (κ2) is 6.53. The first-order valence-corrected chi connectivity index (χ1v) is 2.95. The zero-order valence-corrected chi connectivity index (χ0v) is 6.31. The fourth-order valence-corrected chi connectivity index (χ4v) is 0.330. The van der Waals surface area contributed by atoms with Crippen LogP contribution in [0.3, 0.4) is 0 Å². The molecule has 0 aliphatic carbocycles. The number of hydrogen-bond acceptors (Lipinski definition) is 6. The van der Waals surface area contributed by atoms with Gasteiger partial charge in [-0.25, -0.2) is 9.68 Å². The van der Waals surface area contributed by atoms with Crippen molar-refractivity contribution in [1.29, 1.82) is 0 Å². The molecule has 0 aliphatic rings. The summed E-state index contributed by atoms with van der Waals surface area (Å²) in [6.45, 7) is 0. The molecule has 0 aromatic heterocycles. The average Bonchev–Trinajstić information content (AvgIpc) is 2.01. The Morgan fingerprint density at radius 2 is 1.92 bits per heavy atom. The van der Waals surface area contributed by atoms with Crippen molar-refractivity contribution in [1.82, 2.24) is 0 Å². The van der Waals surface area contributed by atoms with E-state index in [9.17, 15) is 9.59 Å². The molecule has 0 aliphatic heterocycles. The second-order valence-electron chi connectivity index (χ2n) is 1.65. The third-order valence-electron chi connectivity index (χ3n) is 0.766. The summed E-state index contributed by atoms with van der Waals surface area (Å²) in [5.74, 6) is -1.95. The molecule has 0 atom stereocenters. The number of carbonyl (C=O) groups is 2. The highest BCUT2D eigenvalue weighted by atomic mass is 17.7. The van der Waals surface area contributed by atoms with Gasteiger partial charge in [0.05, 0.1) is 20.0 Å². The van der Waals surface area contributed by atoms with Crippen molar-refractivity contribution in [3.8, 4) is 0 Å². The predicted molar refractivity (Wildman–Crippen MR) is 32.1 cm³/mol. The van der Waals surface area contributed by atoms with Gasteiger partial charge >= 0.3 is 11.9 Å². The first kappa shape index (κ1) is 10.8. The lowest BCUT2D eigenvalue weighted by atomic mass is 10.3. The van der Waals surface area contributed by atoms with Gasteiger partial charge in [-0.15, -0.1) is 0 Å². The van der Waals surface area contributed by atoms with Crippen molar-refractivity contribution in [2.45, 2.75) is 12.8 Å². The topological polar surface area (TPSA) is 91.3 Å². The van der Waals surface area contributed by atoms with Crippen LogP contribution in [0.15, 0.2) is 0 Å². The number of carbonyl (C=O) groups excluding carboxylic acids is 1. The Morgan fingerprint density at radius 3 is 2.42 bits per heavy atom. The maximum atomic E-state index is 10.5. The highest BCUT2D eigenvalue weighted by molar-refractivity contribution is 5.76. The molecule has 0 saturated carbocycles. The van der Waals surface area contributed by atoms with Crippen molar-refractivity contribution < 1.29 is 34.5 Å². The molecule has 70 valence electrons. The Hall–Kier alpha value is -1.18. The Morgan fingerprint density at radius 1 is 1.25 bits per heavy atom. The summed E-state index contributed by atoms with van der Waals surface area (Å²) in [5.41, 5.74) is 0. The molecule has 0 amide bonds. The van der Waals surface area contributed by atoms with Crippen LogP contribution in [0.5, 0.6) is 0 Å². The van der Waals surface area contributed by atoms with Gasteiger partial charge in [0.2, 0.25) is 0 Å². The van der Waals surface area contributed by atoms with Gasteiger partial charge in [0.15, 0.2) is 0 Å². The zero-order valence-electron chi connectivity index (χ0n) is 6.31. The van der Waals surface area contributed by atoms with Crippen LogP contribution in [0, 0.1) is 0 Å². The van der Waals surface area contributed by atoms with E-state index in [-0.39, 0.29) is 12.8 Å². The molecule has 0 saturated heterocycles. The van der Waals surface area contributed by atoms with Crippen LogP contribution < -0.4 is 0 Å². The van der Waals surface area contributed by atoms with Crippen molar-refractivity contribution in [2.75, 3.05) is 7.11 Å². The third kappa shape index (κ3) is 6.93. The molecular formula is C5H8O7. The minimum atomic E-state index is -1.10. The van der Waals surface area contributed by atoms with Crippen LogP contribution in [0.1, 0.15) is 12.8 Å². The quantitative estimate of drug-likeness (QED) is 0.344. The maximum Gasteiger partial charge on any atom is 0.346 e. The largest absolute Gasteiger partial charge is 0.481 e. The van der Waals surface area contributed by atoms with Crippen molar-refractivity contribution >= 4 is 11.9 Å². The van der Waals surface area contributed by atoms with Crippen LogP contribution in [-0.2, 0) is 29.4 Å². The summed E-state index contributed by atoms with van der Waals surface area (Å²) in [7, 11) is 1.14. The number of hydrogen-bond donors (Lipinski definition) is 1. The molecule has 0 bridgehead atoms. The minimum Gasteiger partial charge on any atom is -0.481 e. The standard InChI is InChI=1S/C5H8O7/c1-9-11-12-10-5(8)3-2-4(6)7/h2-3H2,1H3,(H,6,7). The molecule has 0 aromatic carbocycles. The lowest BCUT2D eigenvalue weighted by molar-refractivity contribution is -0.611. The van der Waals surface area contributed by atoms with Crippen LogP contribution in [-0.4, -0.2) is 24.2 Å². The van der Waals surface area contributed by atoms with Gasteiger partial charge in [-0.05, 0) is 5.04 Å². The van der Waals surface area contributed by atoms with E-state index in [2.05, 4.69) is 19.9 Å². The van der Waals surface area contributed by atoms with Crippen molar-refractivity contribution in [3.05, 3.63) is 0 Å². The number of carboxylic acid groups (broad SMARTS) is 1. The Kier molecular flexibility index (Phi) is 5.88. The van der Waals surface area contributed by atoms with Gasteiger partial charge in [-0.3, -0.25) is 9.68 Å². The van der Waals surface area contributed by atoms with E-state index >= 15 is 0 Å². The van der Waals surface area contributed by atoms with Gasteiger partial charge in [-0.1, -0.05) is 0 Å². The summed E-state index contributed by atoms with van der Waals surface area (Å²) < 4.78 is 0. The van der Waals surface area contributed by atoms with Crippen LogP contribution in [0.2, 0.25) is 0 Å². The normalized spacial score (nSPS) is 9.42. The first-order chi connectivity index (χ1) is 5.66. The van der Waals surface area contributed by atoms with Crippen molar-refractivity contribution in [3.63, 3.8) is 0 Å². The molecule has 0 spiro atoms. The molecule has 12 heavy (non-hydrogen) atoms. The molecular weight excluding hydrogens is 172 g/mol. The summed E-state index contributed by atoms with van der Waals surface area (Å²) in [6, 6.07) is 0. The fourth-order valence-electron chi connectivity index (χ4n) is 0.330. The average molecular weight is 180 g/mol. The third-order valence-corrected chi connectivity index (χ3v) is 0.766. The summed E-state index contributed by atoms with van der Waals surface area (Å²) >= 11 is 0. The van der Waals surface area contributed by atoms with Gasteiger partial charge in [0.25, 0.3) is 0 Å². The van der Waals surface area contributed by atoms with E-state index in [1.807, 2.05) is 0 Å². The molecule has 0 radical (unpaired) electrons. The Labute approximate surface area is 67.6 Å². The summed E-state index contributed by atoms with van der Waals surface area (Å²) in [6.07, 6.45) is -0.614. The number of rotatable bonds is 6. The van der Waals surface area contributed by atoms with Gasteiger partial charge in [-0.2, -0.15) is 0 Å². The van der Waals surface area contributed by atoms with E-state index in [1.54, 1.807) is 0 Å². The van der Waals surface area contributed by atoms with Crippen LogP contribution in [0.4, 0.5) is 0 Å². The van der Waals surface area contributed by atoms with Crippen LogP contribution in [0.25, 0.3) is 0 Å². The Balaban J connectivity index is 3.28. The monoisotopic (exact) mass is 180 g/mol. The molecule has 0 unspecified atom stereocenters. The molecule has 7 nitrogen and oxygen atoms in total. The van der Waals surface area contributed by atoms with Gasteiger partial charge in [0, 0.05) is 5.04 Å². The first-order valence-electron chi connectivity index (χ1n) is 2.95. The number of carboxylic acids is 1. The lowest BCUT2D eigenvalue weighted by Crippen LogP contribution is -2.08. The smallest absolute Gasteiger partial charge is 0.346 e. The van der Waals surface area contributed by atoms with Crippen molar-refractivity contribution in [2.24, 2.45) is 0 Å². The predicted octanol–water partition coefficient (Wildman–Crippen LogP) is -0.181. The summed E-state index contributed by atoms with van der Waals surface area (Å²) in [5, 5.41) is 15.6. The summed E-state index contributed by atoms with van der Waals surface area (Å²) in [4.78, 5) is 28.2. The molecule has 0 heterocycles. The van der Waals surface area contributed by atoms with E-state index in [0.29, 0.717) is 0 Å². The van der Waals surface area contributed by atoms with Crippen LogP contribution >= 0.6 is 0 Å². The minimum absolute atomic E-state index is 0.289. The Bertz CT molecular complexity index is 154. The van der Waals surface area contributed by atoms with E-state index in [4.69, 9.17) is 5.11 Å². The van der Waals surface area contributed by atoms with E-state index in [0.717, 1.165) is 7.11 Å². The number of aliphatic carboxylic acids is 1. The van der Waals surface area contributed by atoms with Gasteiger partial charge in [0.1, 0.15) is 0 Å². The lowest BCUT2D eigenvalue weighted by Gasteiger charge is -1.97. The molecule has 0 rings (SSSR count). The van der Waals surface area contributed by atoms with E-state index in [1.165, 1.54) is 0 Å². The highest BCUT2D eigenvalue weighted by Gasteiger charge is 2.07. The van der Waals surface area contributed by atoms with E-state index < -0.39 is 11.9 Å². The molecule has 1 N–H and O–H groups in total. The SMILES string of the molecule is COOOOC(=O)CCC(=O)O. The maximum absolute atomic E-state index is 10.5. The fraction of sp³-hybridized carbons (Fsp3) is 0.600. The molecule has 0 fully saturated rings. The second-order valence-corrected chi connectivity index (χ2v) is 1.65. The molecule has 0 aromatic rings. The van der Waals surface area contributed by atoms with Gasteiger partial charge < -0.3 is 5.11 Å². The molecule has 7 heteroatoms.